The first-order valence-corrected chi connectivity index (χ1v) is 11.1. The van der Waals surface area contributed by atoms with Gasteiger partial charge in [-0.1, -0.05) is 24.5 Å². The van der Waals surface area contributed by atoms with Crippen molar-refractivity contribution in [2.24, 2.45) is 0 Å². The number of rotatable bonds is 5. The van der Waals surface area contributed by atoms with Gasteiger partial charge in [-0.25, -0.2) is 0 Å². The predicted molar refractivity (Wildman–Crippen MR) is 116 cm³/mol. The number of benzene rings is 1. The molecule has 1 amide bonds. The summed E-state index contributed by atoms with van der Waals surface area (Å²) in [5, 5.41) is 11.0. The summed E-state index contributed by atoms with van der Waals surface area (Å²) in [4.78, 5) is 34.3. The lowest BCUT2D eigenvalue weighted by Gasteiger charge is -2.38. The summed E-state index contributed by atoms with van der Waals surface area (Å²) in [7, 11) is 0. The molecule has 4 rings (SSSR count). The first kappa shape index (κ1) is 20.9. The highest BCUT2D eigenvalue weighted by molar-refractivity contribution is 5.89. The van der Waals surface area contributed by atoms with Crippen LogP contribution in [0.1, 0.15) is 42.9 Å². The third-order valence-corrected chi connectivity index (χ3v) is 6.49. The van der Waals surface area contributed by atoms with Crippen molar-refractivity contribution in [2.75, 3.05) is 45.8 Å². The average molecular weight is 413 g/mol. The highest BCUT2D eigenvalue weighted by Crippen LogP contribution is 2.30. The Balaban J connectivity index is 1.40. The second-order valence-electron chi connectivity index (χ2n) is 8.64. The summed E-state index contributed by atoms with van der Waals surface area (Å²) in [6.07, 6.45) is 6.46. The number of carbonyl (C=O) groups excluding carboxylic acids is 1. The van der Waals surface area contributed by atoms with Crippen molar-refractivity contribution in [1.82, 2.24) is 19.7 Å². The van der Waals surface area contributed by atoms with Crippen LogP contribution in [0.4, 0.5) is 0 Å². The number of carboxylic acids is 1. The third kappa shape index (κ3) is 4.52. The van der Waals surface area contributed by atoms with E-state index >= 15 is 0 Å². The number of likely N-dealkylation sites (tertiary alicyclic amines) is 1. The number of fused-ring (bicyclic) bond motifs is 1. The number of hydrogen-bond acceptors (Lipinski definition) is 4. The van der Waals surface area contributed by atoms with Crippen LogP contribution in [0.3, 0.4) is 0 Å². The molecule has 0 saturated carbocycles. The number of aromatic amines is 1. The van der Waals surface area contributed by atoms with Crippen molar-refractivity contribution in [3.63, 3.8) is 0 Å². The number of nitrogens with one attached hydrogen (secondary N) is 1. The van der Waals surface area contributed by atoms with Gasteiger partial charge in [-0.05, 0) is 31.9 Å². The van der Waals surface area contributed by atoms with Crippen molar-refractivity contribution in [2.45, 2.75) is 38.6 Å². The van der Waals surface area contributed by atoms with Gasteiger partial charge in [0.05, 0.1) is 6.54 Å². The Morgan fingerprint density at radius 1 is 1.03 bits per heavy atom. The molecule has 0 unspecified atom stereocenters. The average Bonchev–Trinajstić information content (AvgIpc) is 2.94. The van der Waals surface area contributed by atoms with Crippen molar-refractivity contribution < 1.29 is 14.7 Å². The molecule has 2 aliphatic rings. The lowest BCUT2D eigenvalue weighted by Crippen LogP contribution is -2.52. The van der Waals surface area contributed by atoms with E-state index in [1.165, 1.54) is 12.8 Å². The summed E-state index contributed by atoms with van der Waals surface area (Å²) in [5.41, 5.74) is 2.89. The zero-order valence-electron chi connectivity index (χ0n) is 17.8. The Labute approximate surface area is 177 Å². The SMILES string of the molecule is Cc1ccc2[nH]cc([C@@H](C(=O)O)N3CCN(CC(=O)N4CCCCCC4)CC3)c2c1. The largest absolute Gasteiger partial charge is 0.480 e. The quantitative estimate of drug-likeness (QED) is 0.789. The van der Waals surface area contributed by atoms with Gasteiger partial charge < -0.3 is 15.0 Å². The molecule has 3 heterocycles. The van der Waals surface area contributed by atoms with Gasteiger partial charge >= 0.3 is 5.97 Å². The molecule has 2 aromatic rings. The van der Waals surface area contributed by atoms with Gasteiger partial charge in [0.1, 0.15) is 6.04 Å². The van der Waals surface area contributed by atoms with Crippen molar-refractivity contribution in [3.8, 4) is 0 Å². The standard InChI is InChI=1S/C23H32N4O3/c1-17-6-7-20-18(14-17)19(15-24-20)22(23(29)30)27-12-10-25(11-13-27)16-21(28)26-8-4-2-3-5-9-26/h6-7,14-15,22,24H,2-5,8-13,16H2,1H3,(H,29,30)/t22-/m0/s1. The minimum atomic E-state index is -0.827. The molecular formula is C23H32N4O3. The molecule has 7 nitrogen and oxygen atoms in total. The van der Waals surface area contributed by atoms with Crippen LogP contribution in [0.5, 0.6) is 0 Å². The van der Waals surface area contributed by atoms with Gasteiger partial charge in [-0.2, -0.15) is 0 Å². The maximum atomic E-state index is 12.7. The number of aliphatic carboxylic acids is 1. The number of hydrogen-bond donors (Lipinski definition) is 2. The fourth-order valence-corrected chi connectivity index (χ4v) is 4.76. The van der Waals surface area contributed by atoms with Gasteiger partial charge in [0.25, 0.3) is 0 Å². The summed E-state index contributed by atoms with van der Waals surface area (Å²) in [6.45, 7) is 6.92. The molecule has 2 aliphatic heterocycles. The topological polar surface area (TPSA) is 79.9 Å². The molecule has 1 atom stereocenters. The zero-order valence-corrected chi connectivity index (χ0v) is 17.8. The molecule has 1 aromatic carbocycles. The van der Waals surface area contributed by atoms with E-state index in [1.807, 2.05) is 41.1 Å². The van der Waals surface area contributed by atoms with Crippen LogP contribution in [0, 0.1) is 6.92 Å². The van der Waals surface area contributed by atoms with Crippen LogP contribution in [0.25, 0.3) is 10.9 Å². The summed E-state index contributed by atoms with van der Waals surface area (Å²) in [5.74, 6) is -0.612. The van der Waals surface area contributed by atoms with E-state index in [-0.39, 0.29) is 5.91 Å². The highest BCUT2D eigenvalue weighted by Gasteiger charge is 2.32. The zero-order chi connectivity index (χ0) is 21.1. The number of carbonyl (C=O) groups is 2. The van der Waals surface area contributed by atoms with E-state index < -0.39 is 12.0 Å². The monoisotopic (exact) mass is 412 g/mol. The molecule has 0 radical (unpaired) electrons. The lowest BCUT2D eigenvalue weighted by atomic mass is 10.0. The number of nitrogens with zero attached hydrogens (tertiary/aromatic N) is 3. The van der Waals surface area contributed by atoms with Crippen LogP contribution >= 0.6 is 0 Å². The predicted octanol–water partition coefficient (Wildman–Crippen LogP) is 2.62. The maximum absolute atomic E-state index is 12.7. The first-order valence-electron chi connectivity index (χ1n) is 11.1. The van der Waals surface area contributed by atoms with Crippen LogP contribution in [-0.4, -0.2) is 82.5 Å². The minimum absolute atomic E-state index is 0.215. The van der Waals surface area contributed by atoms with Gasteiger partial charge in [0.2, 0.25) is 5.91 Å². The molecule has 1 aromatic heterocycles. The molecule has 7 heteroatoms. The fourth-order valence-electron chi connectivity index (χ4n) is 4.76. The van der Waals surface area contributed by atoms with Crippen LogP contribution in [0.15, 0.2) is 24.4 Å². The van der Waals surface area contributed by atoms with E-state index in [1.54, 1.807) is 0 Å². The summed E-state index contributed by atoms with van der Waals surface area (Å²) < 4.78 is 0. The Morgan fingerprint density at radius 3 is 2.40 bits per heavy atom. The maximum Gasteiger partial charge on any atom is 0.325 e. The lowest BCUT2D eigenvalue weighted by molar-refractivity contribution is -0.145. The molecule has 2 saturated heterocycles. The fraction of sp³-hybridized carbons (Fsp3) is 0.565. The van der Waals surface area contributed by atoms with Gasteiger partial charge in [0, 0.05) is 61.9 Å². The van der Waals surface area contributed by atoms with Gasteiger partial charge in [0.15, 0.2) is 0 Å². The smallest absolute Gasteiger partial charge is 0.325 e. The van der Waals surface area contributed by atoms with Gasteiger partial charge in [-0.15, -0.1) is 0 Å². The van der Waals surface area contributed by atoms with E-state index in [9.17, 15) is 14.7 Å². The van der Waals surface area contributed by atoms with Crippen LogP contribution < -0.4 is 0 Å². The second kappa shape index (κ2) is 9.18. The molecule has 2 fully saturated rings. The Kier molecular flexibility index (Phi) is 6.39. The molecular weight excluding hydrogens is 380 g/mol. The molecule has 0 bridgehead atoms. The summed E-state index contributed by atoms with van der Waals surface area (Å²) >= 11 is 0. The number of aromatic nitrogens is 1. The number of H-pyrrole nitrogens is 1. The molecule has 30 heavy (non-hydrogen) atoms. The van der Waals surface area contributed by atoms with Crippen LogP contribution in [0.2, 0.25) is 0 Å². The summed E-state index contributed by atoms with van der Waals surface area (Å²) in [6, 6.07) is 5.40. The Morgan fingerprint density at radius 2 is 1.73 bits per heavy atom. The second-order valence-corrected chi connectivity index (χ2v) is 8.64. The Hall–Kier alpha value is -2.38. The van der Waals surface area contributed by atoms with Gasteiger partial charge in [-0.3, -0.25) is 19.4 Å². The normalized spacial score (nSPS) is 20.2. The molecule has 2 N–H and O–H groups in total. The first-order chi connectivity index (χ1) is 14.5. The molecule has 0 spiro atoms. The van der Waals surface area contributed by atoms with Crippen LogP contribution in [-0.2, 0) is 9.59 Å². The van der Waals surface area contributed by atoms with Crippen molar-refractivity contribution >= 4 is 22.8 Å². The Bertz CT molecular complexity index is 893. The van der Waals surface area contributed by atoms with Crippen molar-refractivity contribution in [1.29, 1.82) is 0 Å². The van der Waals surface area contributed by atoms with E-state index in [0.29, 0.717) is 32.7 Å². The third-order valence-electron chi connectivity index (χ3n) is 6.49. The van der Waals surface area contributed by atoms with Crippen molar-refractivity contribution in [3.05, 3.63) is 35.5 Å². The molecule has 162 valence electrons. The molecule has 0 aliphatic carbocycles. The van der Waals surface area contributed by atoms with E-state index in [2.05, 4.69) is 9.88 Å². The number of aryl methyl sites for hydroxylation is 1. The number of amides is 1. The number of piperazine rings is 1. The minimum Gasteiger partial charge on any atom is -0.480 e. The number of carboxylic acid groups (broad SMARTS) is 1. The highest BCUT2D eigenvalue weighted by atomic mass is 16.4. The van der Waals surface area contributed by atoms with E-state index in [4.69, 9.17) is 0 Å². The van der Waals surface area contributed by atoms with E-state index in [0.717, 1.165) is 48.0 Å².